The number of primary amides is 1. The van der Waals surface area contributed by atoms with E-state index in [1.54, 1.807) is 0 Å². The van der Waals surface area contributed by atoms with Crippen LogP contribution in [0.3, 0.4) is 0 Å². The molecule has 22 heavy (non-hydrogen) atoms. The molecule has 1 aliphatic rings. The number of carbonyl (C=O) groups excluding carboxylic acids is 1. The standard InChI is InChI=1S/C18H23N3O/c1-2-10-21-13-14(12-20-21)11-18(17(19)22)9-5-7-15-6-3-4-8-16(15)18/h3-4,6,8,12-13H,2,5,7,9-11H2,1H3,(H2,19,22). The Labute approximate surface area is 131 Å². The fraction of sp³-hybridized carbons (Fsp3) is 0.444. The lowest BCUT2D eigenvalue weighted by Crippen LogP contribution is -2.45. The second-order valence-electron chi connectivity index (χ2n) is 6.25. The number of nitrogens with two attached hydrogens (primary N) is 1. The summed E-state index contributed by atoms with van der Waals surface area (Å²) in [5, 5.41) is 4.38. The van der Waals surface area contributed by atoms with Gasteiger partial charge >= 0.3 is 0 Å². The first-order chi connectivity index (χ1) is 10.7. The van der Waals surface area contributed by atoms with Crippen LogP contribution >= 0.6 is 0 Å². The minimum absolute atomic E-state index is 0.220. The van der Waals surface area contributed by atoms with Crippen LogP contribution in [0.5, 0.6) is 0 Å². The molecule has 1 aromatic carbocycles. The highest BCUT2D eigenvalue weighted by molar-refractivity contribution is 5.88. The number of hydrogen-bond donors (Lipinski definition) is 1. The zero-order chi connectivity index (χ0) is 15.6. The minimum atomic E-state index is -0.588. The van der Waals surface area contributed by atoms with Gasteiger partial charge in [-0.25, -0.2) is 0 Å². The molecule has 1 aliphatic carbocycles. The summed E-state index contributed by atoms with van der Waals surface area (Å²) in [5.41, 5.74) is 8.73. The second-order valence-corrected chi connectivity index (χ2v) is 6.25. The maximum Gasteiger partial charge on any atom is 0.228 e. The summed E-state index contributed by atoms with van der Waals surface area (Å²) in [6.45, 7) is 3.03. The maximum absolute atomic E-state index is 12.4. The van der Waals surface area contributed by atoms with E-state index in [1.165, 1.54) is 5.56 Å². The van der Waals surface area contributed by atoms with E-state index >= 15 is 0 Å². The van der Waals surface area contributed by atoms with Crippen molar-refractivity contribution in [2.45, 2.75) is 51.0 Å². The van der Waals surface area contributed by atoms with Gasteiger partial charge in [0, 0.05) is 12.7 Å². The zero-order valence-corrected chi connectivity index (χ0v) is 13.1. The number of carbonyl (C=O) groups is 1. The van der Waals surface area contributed by atoms with Gasteiger partial charge in [-0.3, -0.25) is 9.48 Å². The Hall–Kier alpha value is -2.10. The molecule has 1 amide bonds. The molecule has 0 saturated carbocycles. The van der Waals surface area contributed by atoms with Crippen molar-refractivity contribution in [3.63, 3.8) is 0 Å². The maximum atomic E-state index is 12.4. The van der Waals surface area contributed by atoms with Gasteiger partial charge in [-0.2, -0.15) is 5.10 Å². The monoisotopic (exact) mass is 297 g/mol. The smallest absolute Gasteiger partial charge is 0.228 e. The van der Waals surface area contributed by atoms with Crippen molar-refractivity contribution in [2.24, 2.45) is 5.73 Å². The molecule has 4 nitrogen and oxygen atoms in total. The summed E-state index contributed by atoms with van der Waals surface area (Å²) in [7, 11) is 0. The zero-order valence-electron chi connectivity index (χ0n) is 13.1. The van der Waals surface area contributed by atoms with Gasteiger partial charge in [0.25, 0.3) is 0 Å². The van der Waals surface area contributed by atoms with E-state index in [0.29, 0.717) is 6.42 Å². The Morgan fingerprint density at radius 1 is 1.41 bits per heavy atom. The van der Waals surface area contributed by atoms with E-state index in [2.05, 4.69) is 24.2 Å². The van der Waals surface area contributed by atoms with Gasteiger partial charge in [0.1, 0.15) is 0 Å². The lowest BCUT2D eigenvalue weighted by Gasteiger charge is -2.36. The predicted octanol–water partition coefficient (Wildman–Crippen LogP) is 2.60. The van der Waals surface area contributed by atoms with E-state index in [0.717, 1.165) is 43.4 Å². The summed E-state index contributed by atoms with van der Waals surface area (Å²) in [6.07, 6.45) is 8.46. The van der Waals surface area contributed by atoms with Crippen LogP contribution in [0.1, 0.15) is 42.9 Å². The Morgan fingerprint density at radius 3 is 3.00 bits per heavy atom. The van der Waals surface area contributed by atoms with Gasteiger partial charge in [-0.15, -0.1) is 0 Å². The first-order valence-electron chi connectivity index (χ1n) is 8.05. The Kier molecular flexibility index (Phi) is 4.01. The summed E-state index contributed by atoms with van der Waals surface area (Å²) in [5.74, 6) is -0.220. The van der Waals surface area contributed by atoms with E-state index in [4.69, 9.17) is 5.73 Å². The average molecular weight is 297 g/mol. The van der Waals surface area contributed by atoms with Crippen LogP contribution in [0.15, 0.2) is 36.7 Å². The molecule has 3 rings (SSSR count). The molecule has 2 N–H and O–H groups in total. The van der Waals surface area contributed by atoms with Gasteiger partial charge in [-0.05, 0) is 48.8 Å². The lowest BCUT2D eigenvalue weighted by molar-refractivity contribution is -0.124. The van der Waals surface area contributed by atoms with Gasteiger partial charge in [0.05, 0.1) is 11.6 Å². The Bertz CT molecular complexity index is 676. The fourth-order valence-corrected chi connectivity index (χ4v) is 3.64. The van der Waals surface area contributed by atoms with Crippen LogP contribution < -0.4 is 5.73 Å². The van der Waals surface area contributed by atoms with Crippen LogP contribution in [0, 0.1) is 0 Å². The minimum Gasteiger partial charge on any atom is -0.369 e. The van der Waals surface area contributed by atoms with Crippen LogP contribution in [0.2, 0.25) is 0 Å². The third kappa shape index (κ3) is 2.54. The number of nitrogens with zero attached hydrogens (tertiary/aromatic N) is 2. The van der Waals surface area contributed by atoms with E-state index in [-0.39, 0.29) is 5.91 Å². The number of rotatable bonds is 5. The average Bonchev–Trinajstić information content (AvgIpc) is 2.95. The van der Waals surface area contributed by atoms with Crippen molar-refractivity contribution in [1.82, 2.24) is 9.78 Å². The number of benzene rings is 1. The number of hydrogen-bond acceptors (Lipinski definition) is 2. The van der Waals surface area contributed by atoms with Crippen molar-refractivity contribution in [3.05, 3.63) is 53.3 Å². The molecule has 0 spiro atoms. The molecule has 0 fully saturated rings. The van der Waals surface area contributed by atoms with Crippen LogP contribution in [-0.2, 0) is 29.6 Å². The predicted molar refractivity (Wildman–Crippen MR) is 86.5 cm³/mol. The first kappa shape index (κ1) is 14.8. The molecule has 2 aromatic rings. The molecular weight excluding hydrogens is 274 g/mol. The molecule has 0 aliphatic heterocycles. The van der Waals surface area contributed by atoms with Crippen molar-refractivity contribution in [3.8, 4) is 0 Å². The van der Waals surface area contributed by atoms with Crippen molar-refractivity contribution in [2.75, 3.05) is 0 Å². The van der Waals surface area contributed by atoms with Gasteiger partial charge in [-0.1, -0.05) is 31.2 Å². The topological polar surface area (TPSA) is 60.9 Å². The molecule has 0 saturated heterocycles. The summed E-state index contributed by atoms with van der Waals surface area (Å²) in [6, 6.07) is 8.22. The molecule has 0 radical (unpaired) electrons. The van der Waals surface area contributed by atoms with Crippen LogP contribution in [-0.4, -0.2) is 15.7 Å². The molecule has 4 heteroatoms. The summed E-state index contributed by atoms with van der Waals surface area (Å²) in [4.78, 5) is 12.4. The second kappa shape index (κ2) is 5.95. The van der Waals surface area contributed by atoms with E-state index < -0.39 is 5.41 Å². The third-order valence-corrected chi connectivity index (χ3v) is 4.70. The van der Waals surface area contributed by atoms with Gasteiger partial charge < -0.3 is 5.73 Å². The SMILES string of the molecule is CCCn1cc(CC2(C(N)=O)CCCc3ccccc32)cn1. The van der Waals surface area contributed by atoms with Crippen molar-refractivity contribution < 1.29 is 4.79 Å². The van der Waals surface area contributed by atoms with Crippen LogP contribution in [0.25, 0.3) is 0 Å². The van der Waals surface area contributed by atoms with Crippen molar-refractivity contribution in [1.29, 1.82) is 0 Å². The molecule has 1 atom stereocenters. The number of fused-ring (bicyclic) bond motifs is 1. The first-order valence-corrected chi connectivity index (χ1v) is 8.05. The van der Waals surface area contributed by atoms with Crippen molar-refractivity contribution >= 4 is 5.91 Å². The summed E-state index contributed by atoms with van der Waals surface area (Å²) < 4.78 is 1.94. The largest absolute Gasteiger partial charge is 0.369 e. The lowest BCUT2D eigenvalue weighted by atomic mass is 9.66. The molecule has 1 heterocycles. The number of aromatic nitrogens is 2. The Morgan fingerprint density at radius 2 is 2.23 bits per heavy atom. The highest BCUT2D eigenvalue weighted by Gasteiger charge is 2.42. The highest BCUT2D eigenvalue weighted by Crippen LogP contribution is 2.39. The van der Waals surface area contributed by atoms with E-state index in [9.17, 15) is 4.79 Å². The fourth-order valence-electron chi connectivity index (χ4n) is 3.64. The normalized spacial score (nSPS) is 20.6. The molecule has 1 aromatic heterocycles. The molecule has 1 unspecified atom stereocenters. The number of aryl methyl sites for hydroxylation is 2. The summed E-state index contributed by atoms with van der Waals surface area (Å²) >= 11 is 0. The van der Waals surface area contributed by atoms with Gasteiger partial charge in [0.2, 0.25) is 5.91 Å². The van der Waals surface area contributed by atoms with E-state index in [1.807, 2.05) is 29.2 Å². The quantitative estimate of drug-likeness (QED) is 0.922. The van der Waals surface area contributed by atoms with Gasteiger partial charge in [0.15, 0.2) is 0 Å². The number of amides is 1. The molecule has 0 bridgehead atoms. The highest BCUT2D eigenvalue weighted by atomic mass is 16.1. The molecular formula is C18H23N3O. The molecule has 116 valence electrons. The third-order valence-electron chi connectivity index (χ3n) is 4.70. The van der Waals surface area contributed by atoms with Crippen LogP contribution in [0.4, 0.5) is 0 Å². The Balaban J connectivity index is 1.98.